The predicted molar refractivity (Wildman–Crippen MR) is 28.0 cm³/mol. The Bertz CT molecular complexity index is 57.1. The van der Waals surface area contributed by atoms with Crippen LogP contribution in [0.25, 0.3) is 0 Å². The lowest BCUT2D eigenvalue weighted by Crippen LogP contribution is -2.26. The Balaban J connectivity index is 2.33. The molecular formula is C5H11NO. The smallest absolute Gasteiger partial charge is 0.0698 e. The van der Waals surface area contributed by atoms with Crippen LogP contribution in [0.2, 0.25) is 0 Å². The van der Waals surface area contributed by atoms with E-state index in [1.54, 1.807) is 0 Å². The molecule has 1 aliphatic heterocycles. The molecule has 1 saturated heterocycles. The highest BCUT2D eigenvalue weighted by Gasteiger charge is 2.18. The molecule has 2 heteroatoms. The maximum atomic E-state index is 5.55. The monoisotopic (exact) mass is 101 g/mol. The molecule has 0 bridgehead atoms. The van der Waals surface area contributed by atoms with E-state index >= 15 is 0 Å². The van der Waals surface area contributed by atoms with Gasteiger partial charge in [0, 0.05) is 12.6 Å². The van der Waals surface area contributed by atoms with Crippen molar-refractivity contribution >= 4 is 0 Å². The van der Waals surface area contributed by atoms with E-state index in [0.29, 0.717) is 12.1 Å². The van der Waals surface area contributed by atoms with Crippen molar-refractivity contribution in [3.05, 3.63) is 0 Å². The van der Waals surface area contributed by atoms with Crippen molar-refractivity contribution in [2.24, 2.45) is 5.73 Å². The first-order valence-corrected chi connectivity index (χ1v) is 2.68. The summed E-state index contributed by atoms with van der Waals surface area (Å²) in [5.41, 5.74) is 5.55. The number of nitrogens with two attached hydrogens (primary N) is 1. The van der Waals surface area contributed by atoms with E-state index in [0.717, 1.165) is 13.0 Å². The summed E-state index contributed by atoms with van der Waals surface area (Å²) in [6.07, 6.45) is 1.32. The number of ether oxygens (including phenoxy) is 1. The second-order valence-electron chi connectivity index (χ2n) is 2.03. The molecule has 0 amide bonds. The lowest BCUT2D eigenvalue weighted by atomic mass is 10.2. The Morgan fingerprint density at radius 1 is 1.71 bits per heavy atom. The van der Waals surface area contributed by atoms with E-state index in [-0.39, 0.29) is 0 Å². The van der Waals surface area contributed by atoms with Crippen LogP contribution in [0.1, 0.15) is 13.3 Å². The van der Waals surface area contributed by atoms with Gasteiger partial charge in [-0.1, -0.05) is 0 Å². The molecule has 0 aromatic rings. The average molecular weight is 101 g/mol. The molecule has 2 nitrogen and oxygen atoms in total. The third-order valence-corrected chi connectivity index (χ3v) is 1.43. The minimum atomic E-state index is 0.292. The second kappa shape index (κ2) is 1.80. The molecule has 1 heterocycles. The van der Waals surface area contributed by atoms with Gasteiger partial charge in [-0.2, -0.15) is 0 Å². The average Bonchev–Trinajstić information content (AvgIpc) is 1.91. The zero-order valence-corrected chi connectivity index (χ0v) is 4.55. The summed E-state index contributed by atoms with van der Waals surface area (Å²) in [6, 6.07) is 0.292. The van der Waals surface area contributed by atoms with E-state index in [4.69, 9.17) is 10.5 Å². The number of hydrogen-bond acceptors (Lipinski definition) is 2. The summed E-state index contributed by atoms with van der Waals surface area (Å²) in [5.74, 6) is 0. The second-order valence-corrected chi connectivity index (χ2v) is 2.03. The van der Waals surface area contributed by atoms with Crippen molar-refractivity contribution in [2.75, 3.05) is 6.61 Å². The van der Waals surface area contributed by atoms with E-state index in [1.165, 1.54) is 0 Å². The summed E-state index contributed by atoms with van der Waals surface area (Å²) in [6.45, 7) is 2.86. The molecule has 0 aromatic carbocycles. The zero-order valence-electron chi connectivity index (χ0n) is 4.55. The van der Waals surface area contributed by atoms with Gasteiger partial charge in [0.1, 0.15) is 0 Å². The summed E-state index contributed by atoms with van der Waals surface area (Å²) < 4.78 is 5.14. The van der Waals surface area contributed by atoms with Gasteiger partial charge >= 0.3 is 0 Å². The fourth-order valence-electron chi connectivity index (χ4n) is 0.748. The van der Waals surface area contributed by atoms with Crippen molar-refractivity contribution in [1.82, 2.24) is 0 Å². The van der Waals surface area contributed by atoms with Crippen molar-refractivity contribution in [1.29, 1.82) is 0 Å². The highest BCUT2D eigenvalue weighted by Crippen LogP contribution is 2.08. The number of rotatable bonds is 0. The molecule has 0 spiro atoms. The first-order valence-electron chi connectivity index (χ1n) is 2.68. The first kappa shape index (κ1) is 5.06. The SMILES string of the molecule is C[C@H]1OCCC1N. The minimum Gasteiger partial charge on any atom is -0.377 e. The van der Waals surface area contributed by atoms with Crippen LogP contribution in [0.3, 0.4) is 0 Å². The lowest BCUT2D eigenvalue weighted by molar-refractivity contribution is 0.119. The minimum absolute atomic E-state index is 0.292. The van der Waals surface area contributed by atoms with E-state index < -0.39 is 0 Å². The summed E-state index contributed by atoms with van der Waals surface area (Å²) in [5, 5.41) is 0. The molecule has 0 aromatic heterocycles. The van der Waals surface area contributed by atoms with Crippen LogP contribution in [0, 0.1) is 0 Å². The van der Waals surface area contributed by atoms with Crippen molar-refractivity contribution in [3.63, 3.8) is 0 Å². The molecular weight excluding hydrogens is 90.1 g/mol. The molecule has 7 heavy (non-hydrogen) atoms. The fourth-order valence-corrected chi connectivity index (χ4v) is 0.748. The molecule has 42 valence electrons. The molecule has 2 N–H and O–H groups in total. The van der Waals surface area contributed by atoms with E-state index in [1.807, 2.05) is 6.92 Å². The van der Waals surface area contributed by atoms with Gasteiger partial charge in [-0.3, -0.25) is 0 Å². The van der Waals surface area contributed by atoms with Gasteiger partial charge < -0.3 is 10.5 Å². The zero-order chi connectivity index (χ0) is 5.28. The summed E-state index contributed by atoms with van der Waals surface area (Å²) in [4.78, 5) is 0. The molecule has 0 aliphatic carbocycles. The highest BCUT2D eigenvalue weighted by molar-refractivity contribution is 4.74. The summed E-state index contributed by atoms with van der Waals surface area (Å²) >= 11 is 0. The van der Waals surface area contributed by atoms with E-state index in [2.05, 4.69) is 0 Å². The van der Waals surface area contributed by atoms with Crippen LogP contribution in [0.15, 0.2) is 0 Å². The van der Waals surface area contributed by atoms with Crippen LogP contribution in [0.4, 0.5) is 0 Å². The Morgan fingerprint density at radius 3 is 2.57 bits per heavy atom. The van der Waals surface area contributed by atoms with Gasteiger partial charge in [-0.25, -0.2) is 0 Å². The molecule has 0 saturated carbocycles. The van der Waals surface area contributed by atoms with Crippen LogP contribution in [-0.4, -0.2) is 18.8 Å². The third kappa shape index (κ3) is 0.924. The fraction of sp³-hybridized carbons (Fsp3) is 1.00. The highest BCUT2D eigenvalue weighted by atomic mass is 16.5. The Hall–Kier alpha value is -0.0800. The third-order valence-electron chi connectivity index (χ3n) is 1.43. The maximum Gasteiger partial charge on any atom is 0.0698 e. The van der Waals surface area contributed by atoms with Gasteiger partial charge in [0.05, 0.1) is 6.10 Å². The first-order chi connectivity index (χ1) is 3.30. The molecule has 1 fully saturated rings. The van der Waals surface area contributed by atoms with Crippen LogP contribution < -0.4 is 5.73 Å². The lowest BCUT2D eigenvalue weighted by Gasteiger charge is -2.04. The largest absolute Gasteiger partial charge is 0.377 e. The van der Waals surface area contributed by atoms with Crippen LogP contribution >= 0.6 is 0 Å². The quantitative estimate of drug-likeness (QED) is 0.470. The normalized spacial score (nSPS) is 42.0. The van der Waals surface area contributed by atoms with Gasteiger partial charge in [0.15, 0.2) is 0 Å². The van der Waals surface area contributed by atoms with Crippen molar-refractivity contribution in [2.45, 2.75) is 25.5 Å². The molecule has 2 atom stereocenters. The topological polar surface area (TPSA) is 35.2 Å². The van der Waals surface area contributed by atoms with Crippen LogP contribution in [-0.2, 0) is 4.74 Å². The van der Waals surface area contributed by atoms with Crippen molar-refractivity contribution < 1.29 is 4.74 Å². The molecule has 1 aliphatic rings. The number of hydrogen-bond donors (Lipinski definition) is 1. The Kier molecular flexibility index (Phi) is 1.30. The summed E-state index contributed by atoms with van der Waals surface area (Å²) in [7, 11) is 0. The molecule has 1 rings (SSSR count). The van der Waals surface area contributed by atoms with Gasteiger partial charge in [0.2, 0.25) is 0 Å². The van der Waals surface area contributed by atoms with Gasteiger partial charge in [-0.15, -0.1) is 0 Å². The predicted octanol–water partition coefficient (Wildman–Crippen LogP) is 0.123. The molecule has 0 radical (unpaired) electrons. The Morgan fingerprint density at radius 2 is 2.43 bits per heavy atom. The maximum absolute atomic E-state index is 5.55. The van der Waals surface area contributed by atoms with Gasteiger partial charge in [0.25, 0.3) is 0 Å². The van der Waals surface area contributed by atoms with Crippen LogP contribution in [0.5, 0.6) is 0 Å². The van der Waals surface area contributed by atoms with E-state index in [9.17, 15) is 0 Å². The molecule has 1 unspecified atom stereocenters. The van der Waals surface area contributed by atoms with Crippen molar-refractivity contribution in [3.8, 4) is 0 Å². The van der Waals surface area contributed by atoms with Gasteiger partial charge in [-0.05, 0) is 13.3 Å². The standard InChI is InChI=1S/C5H11NO/c1-4-5(6)2-3-7-4/h4-5H,2-3,6H2,1H3/t4-,5?/m1/s1. The Labute approximate surface area is 43.6 Å².